The van der Waals surface area contributed by atoms with Crippen LogP contribution in [0.3, 0.4) is 0 Å². The first kappa shape index (κ1) is 21.3. The molecule has 0 atom stereocenters. The Morgan fingerprint density at radius 3 is 2.32 bits per heavy atom. The fourth-order valence-corrected chi connectivity index (χ4v) is 4.68. The maximum absolute atomic E-state index is 12.7. The van der Waals surface area contributed by atoms with Gasteiger partial charge in [0.1, 0.15) is 5.76 Å². The average molecular weight is 418 g/mol. The summed E-state index contributed by atoms with van der Waals surface area (Å²) in [6.45, 7) is 5.30. The third-order valence-corrected chi connectivity index (χ3v) is 6.63. The standard InChI is InChI=1S/C26H31N3O2/c1-19-24(20(2)31-28-19)13-14-25(30)27-18-26(15-22-11-7-8-12-23(22)16-26)29(3)17-21-9-5-4-6-10-21/h4-12H,13-18H2,1-3H3,(H,27,30). The number of aromatic nitrogens is 1. The molecule has 0 spiro atoms. The molecule has 1 amide bonds. The van der Waals surface area contributed by atoms with E-state index >= 15 is 0 Å². The quantitative estimate of drug-likeness (QED) is 0.602. The van der Waals surface area contributed by atoms with Crippen LogP contribution in [0, 0.1) is 13.8 Å². The van der Waals surface area contributed by atoms with Gasteiger partial charge in [-0.3, -0.25) is 9.69 Å². The van der Waals surface area contributed by atoms with E-state index in [1.165, 1.54) is 16.7 Å². The van der Waals surface area contributed by atoms with E-state index < -0.39 is 0 Å². The van der Waals surface area contributed by atoms with Crippen molar-refractivity contribution in [1.82, 2.24) is 15.4 Å². The Labute approximate surface area is 184 Å². The van der Waals surface area contributed by atoms with Crippen molar-refractivity contribution in [2.75, 3.05) is 13.6 Å². The second-order valence-electron chi connectivity index (χ2n) is 8.77. The smallest absolute Gasteiger partial charge is 0.220 e. The van der Waals surface area contributed by atoms with E-state index in [2.05, 4.69) is 71.0 Å². The molecule has 1 aromatic heterocycles. The molecule has 1 aliphatic carbocycles. The second-order valence-corrected chi connectivity index (χ2v) is 8.77. The fraction of sp³-hybridized carbons (Fsp3) is 0.385. The zero-order chi connectivity index (χ0) is 21.8. The Morgan fingerprint density at radius 1 is 1.06 bits per heavy atom. The van der Waals surface area contributed by atoms with E-state index in [1.807, 2.05) is 19.9 Å². The summed E-state index contributed by atoms with van der Waals surface area (Å²) >= 11 is 0. The molecule has 1 N–H and O–H groups in total. The molecule has 31 heavy (non-hydrogen) atoms. The lowest BCUT2D eigenvalue weighted by Crippen LogP contribution is -2.54. The summed E-state index contributed by atoms with van der Waals surface area (Å²) in [5.41, 5.74) is 5.83. The van der Waals surface area contributed by atoms with Crippen molar-refractivity contribution in [3.05, 3.63) is 88.3 Å². The number of aryl methyl sites for hydroxylation is 2. The number of carbonyl (C=O) groups is 1. The maximum atomic E-state index is 12.7. The molecule has 0 saturated heterocycles. The number of hydrogen-bond donors (Lipinski definition) is 1. The van der Waals surface area contributed by atoms with Crippen LogP contribution in [0.2, 0.25) is 0 Å². The molecule has 0 bridgehead atoms. The summed E-state index contributed by atoms with van der Waals surface area (Å²) < 4.78 is 5.22. The van der Waals surface area contributed by atoms with Gasteiger partial charge in [-0.1, -0.05) is 59.8 Å². The van der Waals surface area contributed by atoms with Gasteiger partial charge in [-0.25, -0.2) is 0 Å². The van der Waals surface area contributed by atoms with Crippen molar-refractivity contribution in [2.24, 2.45) is 0 Å². The Hall–Kier alpha value is -2.92. The lowest BCUT2D eigenvalue weighted by Gasteiger charge is -2.39. The lowest BCUT2D eigenvalue weighted by atomic mass is 9.92. The molecule has 1 heterocycles. The first-order valence-electron chi connectivity index (χ1n) is 11.0. The molecule has 0 unspecified atom stereocenters. The zero-order valence-electron chi connectivity index (χ0n) is 18.6. The van der Waals surface area contributed by atoms with Gasteiger partial charge in [0.05, 0.1) is 5.69 Å². The van der Waals surface area contributed by atoms with Crippen molar-refractivity contribution in [2.45, 2.75) is 51.6 Å². The molecule has 0 fully saturated rings. The zero-order valence-corrected chi connectivity index (χ0v) is 18.6. The molecule has 162 valence electrons. The second kappa shape index (κ2) is 9.06. The number of nitrogens with one attached hydrogen (secondary N) is 1. The van der Waals surface area contributed by atoms with Crippen molar-refractivity contribution in [1.29, 1.82) is 0 Å². The minimum absolute atomic E-state index is 0.0726. The van der Waals surface area contributed by atoms with Crippen molar-refractivity contribution in [3.8, 4) is 0 Å². The topological polar surface area (TPSA) is 58.4 Å². The molecule has 1 aliphatic rings. The summed E-state index contributed by atoms with van der Waals surface area (Å²) in [4.78, 5) is 15.1. The van der Waals surface area contributed by atoms with Crippen LogP contribution in [-0.4, -0.2) is 35.1 Å². The van der Waals surface area contributed by atoms with E-state index in [9.17, 15) is 4.79 Å². The molecule has 0 radical (unpaired) electrons. The molecule has 5 nitrogen and oxygen atoms in total. The average Bonchev–Trinajstić information content (AvgIpc) is 3.32. The normalized spacial score (nSPS) is 14.6. The Morgan fingerprint density at radius 2 is 1.71 bits per heavy atom. The van der Waals surface area contributed by atoms with Crippen LogP contribution in [0.15, 0.2) is 59.1 Å². The number of carbonyl (C=O) groups excluding carboxylic acids is 1. The highest BCUT2D eigenvalue weighted by atomic mass is 16.5. The monoisotopic (exact) mass is 417 g/mol. The SMILES string of the molecule is Cc1noc(C)c1CCC(=O)NCC1(N(C)Cc2ccccc2)Cc2ccccc2C1. The van der Waals surface area contributed by atoms with E-state index in [0.29, 0.717) is 19.4 Å². The van der Waals surface area contributed by atoms with E-state index in [1.54, 1.807) is 0 Å². The summed E-state index contributed by atoms with van der Waals surface area (Å²) in [7, 11) is 2.18. The van der Waals surface area contributed by atoms with E-state index in [0.717, 1.165) is 36.4 Å². The van der Waals surface area contributed by atoms with Gasteiger partial charge in [-0.05, 0) is 56.8 Å². The van der Waals surface area contributed by atoms with Gasteiger partial charge in [0.15, 0.2) is 0 Å². The lowest BCUT2D eigenvalue weighted by molar-refractivity contribution is -0.121. The van der Waals surface area contributed by atoms with Crippen LogP contribution in [0.1, 0.15) is 40.1 Å². The fourth-order valence-electron chi connectivity index (χ4n) is 4.68. The van der Waals surface area contributed by atoms with Gasteiger partial charge < -0.3 is 9.84 Å². The van der Waals surface area contributed by atoms with Gasteiger partial charge in [0, 0.05) is 30.6 Å². The third-order valence-electron chi connectivity index (χ3n) is 6.63. The Kier molecular flexibility index (Phi) is 6.23. The first-order valence-corrected chi connectivity index (χ1v) is 11.0. The molecule has 0 saturated carbocycles. The molecule has 5 heteroatoms. The van der Waals surface area contributed by atoms with Gasteiger partial charge in [0.25, 0.3) is 0 Å². The van der Waals surface area contributed by atoms with Gasteiger partial charge >= 0.3 is 0 Å². The molecular formula is C26H31N3O2. The van der Waals surface area contributed by atoms with E-state index in [4.69, 9.17) is 4.52 Å². The van der Waals surface area contributed by atoms with Crippen molar-refractivity contribution < 1.29 is 9.32 Å². The minimum atomic E-state index is -0.127. The number of amides is 1. The van der Waals surface area contributed by atoms with Crippen LogP contribution in [0.4, 0.5) is 0 Å². The highest BCUT2D eigenvalue weighted by Gasteiger charge is 2.40. The molecule has 2 aromatic carbocycles. The molecular weight excluding hydrogens is 386 g/mol. The third kappa shape index (κ3) is 4.72. The van der Waals surface area contributed by atoms with Crippen LogP contribution in [0.5, 0.6) is 0 Å². The summed E-state index contributed by atoms with van der Waals surface area (Å²) in [5.74, 6) is 0.874. The number of nitrogens with zero attached hydrogens (tertiary/aromatic N) is 2. The van der Waals surface area contributed by atoms with Crippen LogP contribution >= 0.6 is 0 Å². The summed E-state index contributed by atoms with van der Waals surface area (Å²) in [6.07, 6.45) is 2.97. The largest absolute Gasteiger partial charge is 0.361 e. The predicted molar refractivity (Wildman–Crippen MR) is 122 cm³/mol. The number of benzene rings is 2. The van der Waals surface area contributed by atoms with Crippen LogP contribution in [-0.2, 0) is 30.6 Å². The number of hydrogen-bond acceptors (Lipinski definition) is 4. The number of likely N-dealkylation sites (N-methyl/N-ethyl adjacent to an activating group) is 1. The van der Waals surface area contributed by atoms with Gasteiger partial charge in [-0.15, -0.1) is 0 Å². The molecule has 0 aliphatic heterocycles. The van der Waals surface area contributed by atoms with Crippen molar-refractivity contribution in [3.63, 3.8) is 0 Å². The summed E-state index contributed by atoms with van der Waals surface area (Å²) in [5, 5.41) is 7.22. The van der Waals surface area contributed by atoms with Gasteiger partial charge in [0.2, 0.25) is 5.91 Å². The van der Waals surface area contributed by atoms with Gasteiger partial charge in [-0.2, -0.15) is 0 Å². The van der Waals surface area contributed by atoms with Crippen molar-refractivity contribution >= 4 is 5.91 Å². The minimum Gasteiger partial charge on any atom is -0.361 e. The highest BCUT2D eigenvalue weighted by Crippen LogP contribution is 2.34. The summed E-state index contributed by atoms with van der Waals surface area (Å²) in [6, 6.07) is 19.2. The molecule has 3 aromatic rings. The van der Waals surface area contributed by atoms with Crippen LogP contribution in [0.25, 0.3) is 0 Å². The Balaban J connectivity index is 1.44. The Bertz CT molecular complexity index is 997. The number of fused-ring (bicyclic) bond motifs is 1. The predicted octanol–water partition coefficient (Wildman–Crippen LogP) is 4.01. The van der Waals surface area contributed by atoms with E-state index in [-0.39, 0.29) is 11.4 Å². The first-order chi connectivity index (χ1) is 15.0. The van der Waals surface area contributed by atoms with Crippen LogP contribution < -0.4 is 5.32 Å². The highest BCUT2D eigenvalue weighted by molar-refractivity contribution is 5.76. The number of rotatable bonds is 8. The molecule has 4 rings (SSSR count). The maximum Gasteiger partial charge on any atom is 0.220 e.